The van der Waals surface area contributed by atoms with Gasteiger partial charge in [0.15, 0.2) is 0 Å². The van der Waals surface area contributed by atoms with Gasteiger partial charge in [-0.3, -0.25) is 0 Å². The second-order valence-electron chi connectivity index (χ2n) is 4.08. The molecule has 0 heterocycles. The summed E-state index contributed by atoms with van der Waals surface area (Å²) in [5, 5.41) is -0.00757. The minimum Gasteiger partial charge on any atom is -0.497 e. The summed E-state index contributed by atoms with van der Waals surface area (Å²) >= 11 is 8.77. The molecule has 0 fully saturated rings. The van der Waals surface area contributed by atoms with E-state index in [9.17, 15) is 0 Å². The first kappa shape index (κ1) is 13.7. The maximum absolute atomic E-state index is 6.46. The first-order chi connectivity index (χ1) is 8.69. The molecule has 0 bridgehead atoms. The van der Waals surface area contributed by atoms with Crippen LogP contribution in [0.5, 0.6) is 5.75 Å². The Labute approximate surface area is 126 Å². The summed E-state index contributed by atoms with van der Waals surface area (Å²) in [6, 6.07) is 16.3. The highest BCUT2D eigenvalue weighted by molar-refractivity contribution is 14.1. The van der Waals surface area contributed by atoms with E-state index in [-0.39, 0.29) is 5.38 Å². The third-order valence-corrected chi connectivity index (χ3v) is 3.84. The molecule has 0 amide bonds. The fourth-order valence-corrected chi connectivity index (χ4v) is 2.71. The van der Waals surface area contributed by atoms with Crippen molar-refractivity contribution >= 4 is 34.2 Å². The SMILES string of the molecule is COc1cccc(CC(Cl)c2cccc(I)c2)c1. The van der Waals surface area contributed by atoms with Crippen molar-refractivity contribution in [3.05, 3.63) is 63.2 Å². The van der Waals surface area contributed by atoms with Gasteiger partial charge in [-0.2, -0.15) is 0 Å². The molecule has 94 valence electrons. The van der Waals surface area contributed by atoms with Crippen molar-refractivity contribution in [3.8, 4) is 5.75 Å². The number of ether oxygens (including phenoxy) is 1. The maximum Gasteiger partial charge on any atom is 0.119 e. The molecule has 1 atom stereocenters. The zero-order valence-corrected chi connectivity index (χ0v) is 13.0. The van der Waals surface area contributed by atoms with Gasteiger partial charge in [0.1, 0.15) is 5.75 Å². The molecule has 0 aliphatic heterocycles. The van der Waals surface area contributed by atoms with Gasteiger partial charge in [0.25, 0.3) is 0 Å². The number of hydrogen-bond acceptors (Lipinski definition) is 1. The molecule has 0 spiro atoms. The zero-order valence-electron chi connectivity index (χ0n) is 10.1. The van der Waals surface area contributed by atoms with Crippen LogP contribution in [0.25, 0.3) is 0 Å². The first-order valence-corrected chi connectivity index (χ1v) is 7.23. The van der Waals surface area contributed by atoms with Crippen LogP contribution in [0, 0.1) is 3.57 Å². The zero-order chi connectivity index (χ0) is 13.0. The summed E-state index contributed by atoms with van der Waals surface area (Å²) in [6.45, 7) is 0. The standard InChI is InChI=1S/C15H14ClIO/c1-18-14-7-2-4-11(8-14)9-15(16)12-5-3-6-13(17)10-12/h2-8,10,15H,9H2,1H3. The van der Waals surface area contributed by atoms with Crippen LogP contribution >= 0.6 is 34.2 Å². The highest BCUT2D eigenvalue weighted by Crippen LogP contribution is 2.27. The van der Waals surface area contributed by atoms with Crippen LogP contribution in [0.3, 0.4) is 0 Å². The van der Waals surface area contributed by atoms with Crippen molar-refractivity contribution in [3.63, 3.8) is 0 Å². The predicted molar refractivity (Wildman–Crippen MR) is 84.5 cm³/mol. The van der Waals surface area contributed by atoms with Crippen LogP contribution in [-0.2, 0) is 6.42 Å². The van der Waals surface area contributed by atoms with Gasteiger partial charge < -0.3 is 4.74 Å². The number of alkyl halides is 1. The fourth-order valence-electron chi connectivity index (χ4n) is 1.83. The summed E-state index contributed by atoms with van der Waals surface area (Å²) < 4.78 is 6.43. The lowest BCUT2D eigenvalue weighted by atomic mass is 10.0. The maximum atomic E-state index is 6.46. The molecule has 3 heteroatoms. The van der Waals surface area contributed by atoms with E-state index < -0.39 is 0 Å². The average Bonchev–Trinajstić information content (AvgIpc) is 2.39. The molecule has 0 saturated heterocycles. The molecule has 0 radical (unpaired) electrons. The van der Waals surface area contributed by atoms with E-state index in [4.69, 9.17) is 16.3 Å². The largest absolute Gasteiger partial charge is 0.497 e. The van der Waals surface area contributed by atoms with Crippen LogP contribution in [0.2, 0.25) is 0 Å². The van der Waals surface area contributed by atoms with Gasteiger partial charge in [-0.1, -0.05) is 24.3 Å². The van der Waals surface area contributed by atoms with E-state index in [1.54, 1.807) is 7.11 Å². The molecular weight excluding hydrogens is 359 g/mol. The molecule has 2 aromatic rings. The van der Waals surface area contributed by atoms with E-state index in [1.807, 2.05) is 24.3 Å². The minimum atomic E-state index is -0.00757. The quantitative estimate of drug-likeness (QED) is 0.552. The summed E-state index contributed by atoms with van der Waals surface area (Å²) in [5.74, 6) is 0.874. The van der Waals surface area contributed by atoms with E-state index in [1.165, 1.54) is 9.13 Å². The Morgan fingerprint density at radius 3 is 2.67 bits per heavy atom. The highest BCUT2D eigenvalue weighted by atomic mass is 127. The van der Waals surface area contributed by atoms with Gasteiger partial charge >= 0.3 is 0 Å². The van der Waals surface area contributed by atoms with Crippen molar-refractivity contribution in [1.29, 1.82) is 0 Å². The number of benzene rings is 2. The molecule has 1 unspecified atom stereocenters. The molecule has 2 rings (SSSR count). The van der Waals surface area contributed by atoms with Crippen LogP contribution < -0.4 is 4.74 Å². The Bertz CT molecular complexity index is 527. The normalized spacial score (nSPS) is 12.2. The molecule has 2 aromatic carbocycles. The average molecular weight is 373 g/mol. The number of rotatable bonds is 4. The van der Waals surface area contributed by atoms with E-state index in [0.29, 0.717) is 0 Å². The van der Waals surface area contributed by atoms with Gasteiger partial charge in [-0.25, -0.2) is 0 Å². The first-order valence-electron chi connectivity index (χ1n) is 5.71. The van der Waals surface area contributed by atoms with Crippen molar-refractivity contribution in [2.45, 2.75) is 11.8 Å². The Morgan fingerprint density at radius 2 is 1.94 bits per heavy atom. The topological polar surface area (TPSA) is 9.23 Å². The summed E-state index contributed by atoms with van der Waals surface area (Å²) in [5.41, 5.74) is 2.35. The molecule has 0 aliphatic carbocycles. The Balaban J connectivity index is 2.13. The second-order valence-corrected chi connectivity index (χ2v) is 5.85. The van der Waals surface area contributed by atoms with Gasteiger partial charge in [0.2, 0.25) is 0 Å². The van der Waals surface area contributed by atoms with Crippen molar-refractivity contribution in [1.82, 2.24) is 0 Å². The third-order valence-electron chi connectivity index (χ3n) is 2.76. The molecule has 1 nitrogen and oxygen atoms in total. The Kier molecular flexibility index (Phi) is 4.89. The number of halogens is 2. The van der Waals surface area contributed by atoms with Gasteiger partial charge in [-0.05, 0) is 64.4 Å². The van der Waals surface area contributed by atoms with Crippen LogP contribution in [0.1, 0.15) is 16.5 Å². The summed E-state index contributed by atoms with van der Waals surface area (Å²) in [4.78, 5) is 0. The van der Waals surface area contributed by atoms with Gasteiger partial charge in [0.05, 0.1) is 12.5 Å². The molecule has 18 heavy (non-hydrogen) atoms. The second kappa shape index (κ2) is 6.43. The lowest BCUT2D eigenvalue weighted by Crippen LogP contribution is -1.96. The van der Waals surface area contributed by atoms with Crippen molar-refractivity contribution < 1.29 is 4.74 Å². The van der Waals surface area contributed by atoms with Crippen LogP contribution in [0.4, 0.5) is 0 Å². The van der Waals surface area contributed by atoms with Crippen molar-refractivity contribution in [2.75, 3.05) is 7.11 Å². The van der Waals surface area contributed by atoms with E-state index >= 15 is 0 Å². The smallest absolute Gasteiger partial charge is 0.119 e. The predicted octanol–water partition coefficient (Wildman–Crippen LogP) is 4.82. The summed E-state index contributed by atoms with van der Waals surface area (Å²) in [7, 11) is 1.68. The van der Waals surface area contributed by atoms with E-state index in [0.717, 1.165) is 17.7 Å². The van der Waals surface area contributed by atoms with Gasteiger partial charge in [0, 0.05) is 3.57 Å². The van der Waals surface area contributed by atoms with Gasteiger partial charge in [-0.15, -0.1) is 11.6 Å². The van der Waals surface area contributed by atoms with E-state index in [2.05, 4.69) is 46.9 Å². The molecular formula is C15H14ClIO. The summed E-state index contributed by atoms with van der Waals surface area (Å²) in [6.07, 6.45) is 0.804. The molecule has 0 aliphatic rings. The highest BCUT2D eigenvalue weighted by Gasteiger charge is 2.09. The minimum absolute atomic E-state index is 0.00757. The monoisotopic (exact) mass is 372 g/mol. The van der Waals surface area contributed by atoms with Crippen LogP contribution in [0.15, 0.2) is 48.5 Å². The van der Waals surface area contributed by atoms with Crippen LogP contribution in [-0.4, -0.2) is 7.11 Å². The molecule has 0 N–H and O–H groups in total. The fraction of sp³-hybridized carbons (Fsp3) is 0.200. The Hall–Kier alpha value is -0.740. The molecule has 0 aromatic heterocycles. The van der Waals surface area contributed by atoms with Crippen molar-refractivity contribution in [2.24, 2.45) is 0 Å². The number of methoxy groups -OCH3 is 1. The molecule has 0 saturated carbocycles. The lowest BCUT2D eigenvalue weighted by Gasteiger charge is -2.11. The Morgan fingerprint density at radius 1 is 1.17 bits per heavy atom. The lowest BCUT2D eigenvalue weighted by molar-refractivity contribution is 0.414. The number of hydrogen-bond donors (Lipinski definition) is 0. The third kappa shape index (κ3) is 3.62.